The van der Waals surface area contributed by atoms with Crippen LogP contribution in [0.15, 0.2) is 18.2 Å². The predicted octanol–water partition coefficient (Wildman–Crippen LogP) is 2.77. The van der Waals surface area contributed by atoms with Crippen LogP contribution in [0.5, 0.6) is 0 Å². The lowest BCUT2D eigenvalue weighted by atomic mass is 9.94. The summed E-state index contributed by atoms with van der Waals surface area (Å²) in [6.07, 6.45) is -2.60. The molecular weight excluding hydrogens is 408 g/mol. The Labute approximate surface area is 182 Å². The Morgan fingerprint density at radius 2 is 1.61 bits per heavy atom. The molecule has 3 atom stereocenters. The molecule has 1 rings (SSSR count). The quantitative estimate of drug-likeness (QED) is 0.445. The van der Waals surface area contributed by atoms with Crippen LogP contribution in [0.3, 0.4) is 0 Å². The molecule has 0 bridgehead atoms. The third-order valence-corrected chi connectivity index (χ3v) is 4.78. The molecule has 1 aromatic carbocycles. The van der Waals surface area contributed by atoms with Gasteiger partial charge in [-0.25, -0.2) is 13.6 Å². The Hall–Kier alpha value is -2.26. The smallest absolute Gasteiger partial charge is 0.408 e. The molecule has 0 radical (unpaired) electrons. The highest BCUT2D eigenvalue weighted by atomic mass is 19.1. The SMILES string of the molecule is CC(C)CNC(=O)C(C)NC[C@H](O)[C@H](Cc1cc(F)cc(F)c1)N(C(=O)O)C(C)(C)C. The molecule has 0 aliphatic carbocycles. The Bertz CT molecular complexity index is 733. The monoisotopic (exact) mass is 443 g/mol. The molecule has 0 heterocycles. The Kier molecular flexibility index (Phi) is 9.83. The van der Waals surface area contributed by atoms with Gasteiger partial charge in [0, 0.05) is 24.7 Å². The summed E-state index contributed by atoms with van der Waals surface area (Å²) >= 11 is 0. The number of carbonyl (C=O) groups excluding carboxylic acids is 1. The summed E-state index contributed by atoms with van der Waals surface area (Å²) in [6, 6.07) is 1.33. The van der Waals surface area contributed by atoms with E-state index in [0.29, 0.717) is 6.54 Å². The minimum absolute atomic E-state index is 0.0847. The molecule has 2 amide bonds. The molecule has 176 valence electrons. The molecule has 0 spiro atoms. The van der Waals surface area contributed by atoms with E-state index in [1.165, 1.54) is 0 Å². The van der Waals surface area contributed by atoms with Crippen molar-refractivity contribution in [2.24, 2.45) is 5.92 Å². The van der Waals surface area contributed by atoms with Gasteiger partial charge in [0.1, 0.15) is 11.6 Å². The average Bonchev–Trinajstić information content (AvgIpc) is 2.60. The molecule has 7 nitrogen and oxygen atoms in total. The van der Waals surface area contributed by atoms with Crippen molar-refractivity contribution in [3.63, 3.8) is 0 Å². The summed E-state index contributed by atoms with van der Waals surface area (Å²) in [7, 11) is 0. The number of carboxylic acid groups (broad SMARTS) is 1. The van der Waals surface area contributed by atoms with E-state index in [9.17, 15) is 28.6 Å². The summed E-state index contributed by atoms with van der Waals surface area (Å²) < 4.78 is 27.3. The molecule has 1 unspecified atom stereocenters. The van der Waals surface area contributed by atoms with Crippen molar-refractivity contribution >= 4 is 12.0 Å². The number of amides is 2. The van der Waals surface area contributed by atoms with Crippen molar-refractivity contribution in [1.29, 1.82) is 0 Å². The number of nitrogens with zero attached hydrogens (tertiary/aromatic N) is 1. The average molecular weight is 444 g/mol. The van der Waals surface area contributed by atoms with E-state index in [1.807, 2.05) is 13.8 Å². The van der Waals surface area contributed by atoms with Gasteiger partial charge in [-0.3, -0.25) is 9.69 Å². The zero-order chi connectivity index (χ0) is 23.9. The maximum Gasteiger partial charge on any atom is 0.408 e. The van der Waals surface area contributed by atoms with Crippen LogP contribution in [-0.4, -0.2) is 63.9 Å². The first-order valence-electron chi connectivity index (χ1n) is 10.4. The zero-order valence-electron chi connectivity index (χ0n) is 19.1. The number of hydrogen-bond donors (Lipinski definition) is 4. The van der Waals surface area contributed by atoms with Crippen molar-refractivity contribution in [2.45, 2.75) is 71.7 Å². The lowest BCUT2D eigenvalue weighted by Gasteiger charge is -2.42. The van der Waals surface area contributed by atoms with E-state index in [1.54, 1.807) is 27.7 Å². The van der Waals surface area contributed by atoms with Crippen LogP contribution in [0, 0.1) is 17.6 Å². The molecule has 0 saturated carbocycles. The highest BCUT2D eigenvalue weighted by molar-refractivity contribution is 5.81. The number of aliphatic hydroxyl groups is 1. The first kappa shape index (κ1) is 26.8. The molecule has 0 saturated heterocycles. The highest BCUT2D eigenvalue weighted by Gasteiger charge is 2.37. The molecule has 4 N–H and O–H groups in total. The molecule has 0 aromatic heterocycles. The van der Waals surface area contributed by atoms with Gasteiger partial charge in [0.2, 0.25) is 5.91 Å². The second-order valence-corrected chi connectivity index (χ2v) is 9.21. The fourth-order valence-electron chi connectivity index (χ4n) is 3.28. The van der Waals surface area contributed by atoms with Gasteiger partial charge >= 0.3 is 6.09 Å². The van der Waals surface area contributed by atoms with Gasteiger partial charge in [0.15, 0.2) is 0 Å². The topological polar surface area (TPSA) is 102 Å². The van der Waals surface area contributed by atoms with Crippen LogP contribution in [-0.2, 0) is 11.2 Å². The third-order valence-electron chi connectivity index (χ3n) is 4.78. The number of carbonyl (C=O) groups is 2. The second kappa shape index (κ2) is 11.4. The van der Waals surface area contributed by atoms with Crippen molar-refractivity contribution in [3.05, 3.63) is 35.4 Å². The molecule has 31 heavy (non-hydrogen) atoms. The van der Waals surface area contributed by atoms with Gasteiger partial charge in [-0.05, 0) is 57.7 Å². The minimum atomic E-state index is -1.27. The van der Waals surface area contributed by atoms with Gasteiger partial charge in [0.25, 0.3) is 0 Å². The van der Waals surface area contributed by atoms with Crippen molar-refractivity contribution < 1.29 is 28.6 Å². The summed E-state index contributed by atoms with van der Waals surface area (Å²) in [4.78, 5) is 25.2. The number of nitrogens with one attached hydrogen (secondary N) is 2. The Morgan fingerprint density at radius 1 is 1.06 bits per heavy atom. The van der Waals surface area contributed by atoms with Gasteiger partial charge in [0.05, 0.1) is 18.2 Å². The van der Waals surface area contributed by atoms with E-state index < -0.39 is 41.5 Å². The molecule has 0 aliphatic heterocycles. The lowest BCUT2D eigenvalue weighted by Crippen LogP contribution is -2.58. The summed E-state index contributed by atoms with van der Waals surface area (Å²) in [5.41, 5.74) is -0.663. The third kappa shape index (κ3) is 8.78. The van der Waals surface area contributed by atoms with Gasteiger partial charge in [-0.2, -0.15) is 0 Å². The van der Waals surface area contributed by atoms with Crippen LogP contribution in [0.2, 0.25) is 0 Å². The second-order valence-electron chi connectivity index (χ2n) is 9.21. The van der Waals surface area contributed by atoms with E-state index in [0.717, 1.165) is 23.1 Å². The minimum Gasteiger partial charge on any atom is -0.465 e. The predicted molar refractivity (Wildman–Crippen MR) is 115 cm³/mol. The number of benzene rings is 1. The van der Waals surface area contributed by atoms with Crippen molar-refractivity contribution in [1.82, 2.24) is 15.5 Å². The van der Waals surface area contributed by atoms with Crippen LogP contribution in [0.25, 0.3) is 0 Å². The normalized spacial score (nSPS) is 14.8. The number of aliphatic hydroxyl groups excluding tert-OH is 1. The van der Waals surface area contributed by atoms with Crippen LogP contribution < -0.4 is 10.6 Å². The van der Waals surface area contributed by atoms with Crippen LogP contribution in [0.4, 0.5) is 13.6 Å². The summed E-state index contributed by atoms with van der Waals surface area (Å²) in [5, 5.41) is 26.3. The fraction of sp³-hybridized carbons (Fsp3) is 0.636. The summed E-state index contributed by atoms with van der Waals surface area (Å²) in [6.45, 7) is 11.0. The van der Waals surface area contributed by atoms with E-state index in [4.69, 9.17) is 0 Å². The lowest BCUT2D eigenvalue weighted by molar-refractivity contribution is -0.123. The zero-order valence-corrected chi connectivity index (χ0v) is 19.1. The number of halogens is 2. The fourth-order valence-corrected chi connectivity index (χ4v) is 3.28. The maximum atomic E-state index is 13.7. The number of hydrogen-bond acceptors (Lipinski definition) is 4. The first-order chi connectivity index (χ1) is 14.2. The van der Waals surface area contributed by atoms with Crippen LogP contribution >= 0.6 is 0 Å². The van der Waals surface area contributed by atoms with Gasteiger partial charge in [-0.15, -0.1) is 0 Å². The van der Waals surface area contributed by atoms with Gasteiger partial charge < -0.3 is 20.8 Å². The largest absolute Gasteiger partial charge is 0.465 e. The molecule has 0 fully saturated rings. The summed E-state index contributed by atoms with van der Waals surface area (Å²) in [5.74, 6) is -1.52. The van der Waals surface area contributed by atoms with E-state index in [-0.39, 0.29) is 30.4 Å². The maximum absolute atomic E-state index is 13.7. The van der Waals surface area contributed by atoms with E-state index >= 15 is 0 Å². The Balaban J connectivity index is 3.04. The molecule has 0 aliphatic rings. The molecule has 1 aromatic rings. The Morgan fingerprint density at radius 3 is 2.06 bits per heavy atom. The highest BCUT2D eigenvalue weighted by Crippen LogP contribution is 2.23. The standard InChI is InChI=1S/C22H35F2N3O4/c1-13(2)11-26-20(29)14(3)25-12-19(28)18(27(21(30)31)22(4,5)6)9-15-7-16(23)10-17(24)8-15/h7-8,10,13-14,18-19,25,28H,9,11-12H2,1-6H3,(H,26,29)(H,30,31)/t14?,18-,19-/m0/s1. The molecule has 9 heteroatoms. The van der Waals surface area contributed by atoms with Crippen molar-refractivity contribution in [2.75, 3.05) is 13.1 Å². The number of rotatable bonds is 10. The van der Waals surface area contributed by atoms with Crippen molar-refractivity contribution in [3.8, 4) is 0 Å². The van der Waals surface area contributed by atoms with E-state index in [2.05, 4.69) is 10.6 Å². The first-order valence-corrected chi connectivity index (χ1v) is 10.4. The van der Waals surface area contributed by atoms with Gasteiger partial charge in [-0.1, -0.05) is 13.8 Å². The van der Waals surface area contributed by atoms with Crippen LogP contribution in [0.1, 0.15) is 47.1 Å². The molecular formula is C22H35F2N3O4.